The lowest BCUT2D eigenvalue weighted by atomic mass is 9.86. The van der Waals surface area contributed by atoms with Crippen molar-refractivity contribution >= 4 is 28.6 Å². The van der Waals surface area contributed by atoms with Gasteiger partial charge in [-0.2, -0.15) is 0 Å². The highest BCUT2D eigenvalue weighted by Crippen LogP contribution is 2.28. The van der Waals surface area contributed by atoms with Crippen LogP contribution in [0.3, 0.4) is 0 Å². The molecule has 0 bridgehead atoms. The second-order valence-electron chi connectivity index (χ2n) is 6.33. The molecule has 0 aliphatic carbocycles. The van der Waals surface area contributed by atoms with Crippen LogP contribution in [0.4, 0.5) is 0 Å². The summed E-state index contributed by atoms with van der Waals surface area (Å²) in [6.45, 7) is 6.85. The van der Waals surface area contributed by atoms with Crippen LogP contribution in [-0.4, -0.2) is 5.97 Å². The molecule has 0 spiro atoms. The number of halogens is 1. The molecule has 0 saturated carbocycles. The van der Waals surface area contributed by atoms with Crippen molar-refractivity contribution in [3.8, 4) is 0 Å². The van der Waals surface area contributed by atoms with E-state index in [9.17, 15) is 4.79 Å². The van der Waals surface area contributed by atoms with E-state index in [4.69, 9.17) is 4.74 Å². The molecule has 0 aromatic heterocycles. The fourth-order valence-electron chi connectivity index (χ4n) is 2.09. The van der Waals surface area contributed by atoms with E-state index >= 15 is 0 Å². The van der Waals surface area contributed by atoms with Gasteiger partial charge in [0.15, 0.2) is 0 Å². The summed E-state index contributed by atoms with van der Waals surface area (Å²) in [5, 5.41) is 0. The van der Waals surface area contributed by atoms with Crippen molar-refractivity contribution in [2.75, 3.05) is 0 Å². The van der Waals surface area contributed by atoms with Crippen LogP contribution in [0.5, 0.6) is 0 Å². The molecule has 0 heterocycles. The maximum Gasteiger partial charge on any atom is 0.323 e. The molecule has 0 saturated heterocycles. The molecule has 2 aromatic rings. The van der Waals surface area contributed by atoms with Crippen LogP contribution < -0.4 is 0 Å². The van der Waals surface area contributed by atoms with Crippen LogP contribution in [0, 0.1) is 0 Å². The van der Waals surface area contributed by atoms with Crippen molar-refractivity contribution in [3.63, 3.8) is 0 Å². The Morgan fingerprint density at radius 3 is 2.18 bits per heavy atom. The number of esters is 1. The first-order chi connectivity index (χ1) is 10.4. The third-order valence-corrected chi connectivity index (χ3v) is 4.73. The number of alkyl halides is 1. The van der Waals surface area contributed by atoms with Gasteiger partial charge in [0.05, 0.1) is 0 Å². The lowest BCUT2D eigenvalue weighted by molar-refractivity contribution is -0.143. The standard InChI is InChI=1S/C19H21IO2/c1-19(2,3)16-11-9-15(10-12-16)17(20)18(21)22-13-14-7-5-4-6-8-14/h4-12,17H,13H2,1-3H3. The quantitative estimate of drug-likeness (QED) is 0.395. The molecule has 22 heavy (non-hydrogen) atoms. The minimum absolute atomic E-state index is 0.118. The summed E-state index contributed by atoms with van der Waals surface area (Å²) in [5.74, 6) is -0.201. The van der Waals surface area contributed by atoms with Gasteiger partial charge in [0.1, 0.15) is 10.5 Å². The molecule has 1 atom stereocenters. The van der Waals surface area contributed by atoms with Crippen molar-refractivity contribution in [2.45, 2.75) is 36.7 Å². The fourth-order valence-corrected chi connectivity index (χ4v) is 2.69. The summed E-state index contributed by atoms with van der Waals surface area (Å²) >= 11 is 2.13. The highest BCUT2D eigenvalue weighted by atomic mass is 127. The van der Waals surface area contributed by atoms with E-state index in [2.05, 4.69) is 55.5 Å². The van der Waals surface area contributed by atoms with Crippen LogP contribution in [0.2, 0.25) is 0 Å². The van der Waals surface area contributed by atoms with Crippen LogP contribution in [-0.2, 0) is 21.6 Å². The second kappa shape index (κ2) is 7.27. The van der Waals surface area contributed by atoms with Crippen LogP contribution in [0.15, 0.2) is 54.6 Å². The van der Waals surface area contributed by atoms with Gasteiger partial charge >= 0.3 is 5.97 Å². The zero-order chi connectivity index (χ0) is 16.2. The van der Waals surface area contributed by atoms with Crippen LogP contribution in [0.1, 0.15) is 41.4 Å². The number of carbonyl (C=O) groups is 1. The molecule has 0 amide bonds. The Morgan fingerprint density at radius 2 is 1.64 bits per heavy atom. The highest BCUT2D eigenvalue weighted by molar-refractivity contribution is 14.1. The largest absolute Gasteiger partial charge is 0.460 e. The third-order valence-electron chi connectivity index (χ3n) is 3.50. The molecule has 116 valence electrons. The molecular weight excluding hydrogens is 387 g/mol. The maximum atomic E-state index is 12.2. The molecule has 1 unspecified atom stereocenters. The molecule has 0 radical (unpaired) electrons. The van der Waals surface area contributed by atoms with E-state index in [0.717, 1.165) is 11.1 Å². The first-order valence-corrected chi connectivity index (χ1v) is 8.57. The average Bonchev–Trinajstić information content (AvgIpc) is 2.52. The molecule has 2 aromatic carbocycles. The number of ether oxygens (including phenoxy) is 1. The predicted molar refractivity (Wildman–Crippen MR) is 98.1 cm³/mol. The summed E-state index contributed by atoms with van der Waals surface area (Å²) in [4.78, 5) is 12.2. The van der Waals surface area contributed by atoms with E-state index in [1.54, 1.807) is 0 Å². The van der Waals surface area contributed by atoms with Gasteiger partial charge < -0.3 is 4.74 Å². The van der Waals surface area contributed by atoms with E-state index in [-0.39, 0.29) is 15.3 Å². The Kier molecular flexibility index (Phi) is 5.62. The monoisotopic (exact) mass is 408 g/mol. The van der Waals surface area contributed by atoms with Crippen molar-refractivity contribution in [2.24, 2.45) is 0 Å². The summed E-state index contributed by atoms with van der Waals surface area (Å²) in [6.07, 6.45) is 0. The Hall–Kier alpha value is -1.36. The number of benzene rings is 2. The van der Waals surface area contributed by atoms with Gasteiger partial charge in [-0.05, 0) is 22.1 Å². The Bertz CT molecular complexity index is 612. The van der Waals surface area contributed by atoms with Gasteiger partial charge in [-0.3, -0.25) is 4.79 Å². The van der Waals surface area contributed by atoms with E-state index in [1.807, 2.05) is 42.5 Å². The lowest BCUT2D eigenvalue weighted by Gasteiger charge is -2.19. The van der Waals surface area contributed by atoms with Crippen LogP contribution in [0.25, 0.3) is 0 Å². The lowest BCUT2D eigenvalue weighted by Crippen LogP contribution is -2.13. The fraction of sp³-hybridized carbons (Fsp3) is 0.316. The Morgan fingerprint density at radius 1 is 1.05 bits per heavy atom. The van der Waals surface area contributed by atoms with Crippen LogP contribution >= 0.6 is 22.6 Å². The molecule has 0 aliphatic heterocycles. The van der Waals surface area contributed by atoms with E-state index in [0.29, 0.717) is 6.61 Å². The Balaban J connectivity index is 1.98. The minimum Gasteiger partial charge on any atom is -0.460 e. The van der Waals surface area contributed by atoms with Crippen molar-refractivity contribution in [3.05, 3.63) is 71.3 Å². The van der Waals surface area contributed by atoms with Crippen molar-refractivity contribution in [1.82, 2.24) is 0 Å². The molecule has 3 heteroatoms. The van der Waals surface area contributed by atoms with Gasteiger partial charge in [-0.15, -0.1) is 0 Å². The SMILES string of the molecule is CC(C)(C)c1ccc(C(I)C(=O)OCc2ccccc2)cc1. The number of hydrogen-bond acceptors (Lipinski definition) is 2. The smallest absolute Gasteiger partial charge is 0.323 e. The zero-order valence-electron chi connectivity index (χ0n) is 13.2. The molecule has 2 nitrogen and oxygen atoms in total. The summed E-state index contributed by atoms with van der Waals surface area (Å²) < 4.78 is 5.11. The van der Waals surface area contributed by atoms with Gasteiger partial charge in [-0.25, -0.2) is 0 Å². The molecular formula is C19H21IO2. The van der Waals surface area contributed by atoms with Gasteiger partial charge in [0.25, 0.3) is 0 Å². The second-order valence-corrected chi connectivity index (χ2v) is 7.57. The zero-order valence-corrected chi connectivity index (χ0v) is 15.3. The number of hydrogen-bond donors (Lipinski definition) is 0. The number of rotatable bonds is 4. The first-order valence-electron chi connectivity index (χ1n) is 7.33. The highest BCUT2D eigenvalue weighted by Gasteiger charge is 2.20. The molecule has 0 aliphatic rings. The van der Waals surface area contributed by atoms with Gasteiger partial charge in [-0.1, -0.05) is 98.0 Å². The van der Waals surface area contributed by atoms with Crippen molar-refractivity contribution < 1.29 is 9.53 Å². The topological polar surface area (TPSA) is 26.3 Å². The Labute approximate surface area is 146 Å². The summed E-state index contributed by atoms with van der Waals surface area (Å²) in [7, 11) is 0. The van der Waals surface area contributed by atoms with Gasteiger partial charge in [0, 0.05) is 0 Å². The third kappa shape index (κ3) is 4.57. The molecule has 2 rings (SSSR count). The number of carbonyl (C=O) groups excluding carboxylic acids is 1. The maximum absolute atomic E-state index is 12.2. The normalized spacial score (nSPS) is 12.7. The summed E-state index contributed by atoms with van der Waals surface area (Å²) in [5.41, 5.74) is 3.36. The first kappa shape index (κ1) is 17.0. The molecule has 0 N–H and O–H groups in total. The summed E-state index contributed by atoms with van der Waals surface area (Å²) in [6, 6.07) is 17.9. The van der Waals surface area contributed by atoms with E-state index in [1.165, 1.54) is 5.56 Å². The predicted octanol–water partition coefficient (Wildman–Crippen LogP) is 5.20. The van der Waals surface area contributed by atoms with Gasteiger partial charge in [0.2, 0.25) is 0 Å². The van der Waals surface area contributed by atoms with E-state index < -0.39 is 0 Å². The average molecular weight is 408 g/mol. The molecule has 0 fully saturated rings. The van der Waals surface area contributed by atoms with Crippen molar-refractivity contribution in [1.29, 1.82) is 0 Å². The minimum atomic E-state index is -0.282.